The van der Waals surface area contributed by atoms with E-state index in [-0.39, 0.29) is 0 Å². The van der Waals surface area contributed by atoms with Crippen LogP contribution in [0.4, 0.5) is 0 Å². The van der Waals surface area contributed by atoms with Gasteiger partial charge in [-0.3, -0.25) is 0 Å². The predicted octanol–water partition coefficient (Wildman–Crippen LogP) is 4.29. The largest absolute Gasteiger partial charge is 0.468 e. The lowest BCUT2D eigenvalue weighted by Crippen LogP contribution is -2.34. The van der Waals surface area contributed by atoms with Gasteiger partial charge in [0.05, 0.1) is 12.3 Å². The van der Waals surface area contributed by atoms with Crippen molar-refractivity contribution < 1.29 is 4.42 Å². The minimum absolute atomic E-state index is 0.345. The molecule has 0 aliphatic heterocycles. The molecule has 0 amide bonds. The minimum atomic E-state index is 0.345. The number of hydrogen-bond acceptors (Lipinski definition) is 2. The first-order valence-electron chi connectivity index (χ1n) is 7.09. The summed E-state index contributed by atoms with van der Waals surface area (Å²) >= 11 is 0. The van der Waals surface area contributed by atoms with Gasteiger partial charge in [0.1, 0.15) is 5.76 Å². The summed E-state index contributed by atoms with van der Waals surface area (Å²) in [6.07, 6.45) is 9.97. The summed E-state index contributed by atoms with van der Waals surface area (Å²) in [6.45, 7) is 4.49. The summed E-state index contributed by atoms with van der Waals surface area (Å²) in [4.78, 5) is 0. The second-order valence-electron chi connectivity index (χ2n) is 5.41. The van der Waals surface area contributed by atoms with Crippen LogP contribution in [0.5, 0.6) is 0 Å². The Hall–Kier alpha value is -0.760. The molecule has 0 spiro atoms. The van der Waals surface area contributed by atoms with E-state index >= 15 is 0 Å². The maximum atomic E-state index is 5.43. The van der Waals surface area contributed by atoms with Gasteiger partial charge < -0.3 is 9.73 Å². The summed E-state index contributed by atoms with van der Waals surface area (Å²) in [5, 5.41) is 3.69. The first-order chi connectivity index (χ1) is 8.29. The molecule has 1 atom stereocenters. The molecule has 1 saturated carbocycles. The summed E-state index contributed by atoms with van der Waals surface area (Å²) in [7, 11) is 0. The quantitative estimate of drug-likeness (QED) is 0.823. The molecule has 2 heteroatoms. The van der Waals surface area contributed by atoms with Gasteiger partial charge in [-0.25, -0.2) is 0 Å². The maximum absolute atomic E-state index is 5.43. The van der Waals surface area contributed by atoms with E-state index in [0.717, 1.165) is 11.7 Å². The summed E-state index contributed by atoms with van der Waals surface area (Å²) in [6, 6.07) is 5.05. The van der Waals surface area contributed by atoms with E-state index in [1.807, 2.05) is 6.07 Å². The minimum Gasteiger partial charge on any atom is -0.468 e. The second kappa shape index (κ2) is 6.25. The Morgan fingerprint density at radius 3 is 2.71 bits per heavy atom. The smallest absolute Gasteiger partial charge is 0.120 e. The Kier molecular flexibility index (Phi) is 4.66. The molecule has 17 heavy (non-hydrogen) atoms. The highest BCUT2D eigenvalue weighted by Crippen LogP contribution is 2.29. The SMILES string of the molecule is CCCC1CCC(N[C@@H](C)c2ccco2)CC1. The van der Waals surface area contributed by atoms with E-state index in [9.17, 15) is 0 Å². The van der Waals surface area contributed by atoms with Crippen molar-refractivity contribution in [1.29, 1.82) is 0 Å². The van der Waals surface area contributed by atoms with Crippen molar-refractivity contribution in [3.05, 3.63) is 24.2 Å². The second-order valence-corrected chi connectivity index (χ2v) is 5.41. The fraction of sp³-hybridized carbons (Fsp3) is 0.733. The predicted molar refractivity (Wildman–Crippen MR) is 70.9 cm³/mol. The van der Waals surface area contributed by atoms with E-state index < -0.39 is 0 Å². The topological polar surface area (TPSA) is 25.2 Å². The summed E-state index contributed by atoms with van der Waals surface area (Å²) in [5.41, 5.74) is 0. The number of nitrogens with one attached hydrogen (secondary N) is 1. The first kappa shape index (κ1) is 12.7. The highest BCUT2D eigenvalue weighted by Gasteiger charge is 2.22. The van der Waals surface area contributed by atoms with Crippen molar-refractivity contribution in [2.45, 2.75) is 64.5 Å². The highest BCUT2D eigenvalue weighted by molar-refractivity contribution is 5.03. The van der Waals surface area contributed by atoms with Crippen LogP contribution < -0.4 is 5.32 Å². The van der Waals surface area contributed by atoms with Gasteiger partial charge in [0.2, 0.25) is 0 Å². The van der Waals surface area contributed by atoms with Gasteiger partial charge in [0.15, 0.2) is 0 Å². The third-order valence-electron chi connectivity index (χ3n) is 4.00. The third kappa shape index (κ3) is 3.60. The average Bonchev–Trinajstić information content (AvgIpc) is 2.86. The van der Waals surface area contributed by atoms with Crippen LogP contribution in [0.1, 0.15) is 64.2 Å². The highest BCUT2D eigenvalue weighted by atomic mass is 16.3. The van der Waals surface area contributed by atoms with Crippen LogP contribution >= 0.6 is 0 Å². The average molecular weight is 235 g/mol. The van der Waals surface area contributed by atoms with Crippen molar-refractivity contribution >= 4 is 0 Å². The summed E-state index contributed by atoms with van der Waals surface area (Å²) < 4.78 is 5.43. The van der Waals surface area contributed by atoms with Crippen molar-refractivity contribution in [2.24, 2.45) is 5.92 Å². The van der Waals surface area contributed by atoms with Crippen molar-refractivity contribution in [1.82, 2.24) is 5.32 Å². The Morgan fingerprint density at radius 1 is 1.35 bits per heavy atom. The number of rotatable bonds is 5. The van der Waals surface area contributed by atoms with Gasteiger partial charge in [-0.15, -0.1) is 0 Å². The lowest BCUT2D eigenvalue weighted by atomic mass is 9.83. The van der Waals surface area contributed by atoms with E-state index in [1.165, 1.54) is 38.5 Å². The molecule has 2 rings (SSSR count). The molecule has 1 aromatic heterocycles. The van der Waals surface area contributed by atoms with Crippen molar-refractivity contribution in [3.8, 4) is 0 Å². The van der Waals surface area contributed by atoms with Crippen molar-refractivity contribution in [2.75, 3.05) is 0 Å². The standard InChI is InChI=1S/C15H25NO/c1-3-5-13-7-9-14(10-8-13)16-12(2)15-6-4-11-17-15/h4,6,11-14,16H,3,5,7-10H2,1-2H3/t12-,13?,14?/m0/s1. The lowest BCUT2D eigenvalue weighted by molar-refractivity contribution is 0.258. The van der Waals surface area contributed by atoms with Crippen LogP contribution in [0.15, 0.2) is 22.8 Å². The van der Waals surface area contributed by atoms with Gasteiger partial charge in [-0.1, -0.05) is 19.8 Å². The molecular weight excluding hydrogens is 210 g/mol. The molecule has 0 saturated heterocycles. The molecule has 0 bridgehead atoms. The fourth-order valence-electron chi connectivity index (χ4n) is 3.00. The molecule has 1 fully saturated rings. The van der Waals surface area contributed by atoms with Crippen molar-refractivity contribution in [3.63, 3.8) is 0 Å². The van der Waals surface area contributed by atoms with Crippen LogP contribution in [0, 0.1) is 5.92 Å². The van der Waals surface area contributed by atoms with E-state index in [1.54, 1.807) is 6.26 Å². The van der Waals surface area contributed by atoms with E-state index in [2.05, 4.69) is 25.2 Å². The van der Waals surface area contributed by atoms with Gasteiger partial charge >= 0.3 is 0 Å². The lowest BCUT2D eigenvalue weighted by Gasteiger charge is -2.30. The van der Waals surface area contributed by atoms with Crippen LogP contribution in [0.25, 0.3) is 0 Å². The fourth-order valence-corrected chi connectivity index (χ4v) is 3.00. The van der Waals surface area contributed by atoms with Crippen LogP contribution in [0.2, 0.25) is 0 Å². The molecule has 96 valence electrons. The monoisotopic (exact) mass is 235 g/mol. The van der Waals surface area contributed by atoms with Gasteiger partial charge in [-0.2, -0.15) is 0 Å². The van der Waals surface area contributed by atoms with Gasteiger partial charge in [0, 0.05) is 6.04 Å². The van der Waals surface area contributed by atoms with Crippen LogP contribution in [0.3, 0.4) is 0 Å². The van der Waals surface area contributed by atoms with Gasteiger partial charge in [0.25, 0.3) is 0 Å². The molecule has 0 unspecified atom stereocenters. The van der Waals surface area contributed by atoms with Gasteiger partial charge in [-0.05, 0) is 50.7 Å². The Balaban J connectivity index is 1.74. The molecule has 1 aliphatic carbocycles. The zero-order chi connectivity index (χ0) is 12.1. The van der Waals surface area contributed by atoms with E-state index in [4.69, 9.17) is 4.42 Å². The molecule has 2 nitrogen and oxygen atoms in total. The molecule has 1 N–H and O–H groups in total. The Labute approximate surface area is 105 Å². The molecule has 0 radical (unpaired) electrons. The molecule has 1 aromatic rings. The zero-order valence-electron chi connectivity index (χ0n) is 11.1. The molecule has 0 aromatic carbocycles. The number of furan rings is 1. The normalized spacial score (nSPS) is 26.9. The Morgan fingerprint density at radius 2 is 2.12 bits per heavy atom. The molecular formula is C15H25NO. The summed E-state index contributed by atoms with van der Waals surface area (Å²) in [5.74, 6) is 2.04. The first-order valence-corrected chi connectivity index (χ1v) is 7.09. The maximum Gasteiger partial charge on any atom is 0.120 e. The zero-order valence-corrected chi connectivity index (χ0v) is 11.1. The van der Waals surface area contributed by atoms with E-state index in [0.29, 0.717) is 12.1 Å². The third-order valence-corrected chi connectivity index (χ3v) is 4.00. The molecule has 1 heterocycles. The number of hydrogen-bond donors (Lipinski definition) is 1. The Bertz CT molecular complexity index is 299. The van der Waals surface area contributed by atoms with Crippen LogP contribution in [-0.4, -0.2) is 6.04 Å². The molecule has 1 aliphatic rings. The van der Waals surface area contributed by atoms with Crippen LogP contribution in [-0.2, 0) is 0 Å².